The lowest BCUT2D eigenvalue weighted by Gasteiger charge is -2.38. The molecule has 1 fully saturated rings. The van der Waals surface area contributed by atoms with Crippen LogP contribution in [0, 0.1) is 0 Å². The monoisotopic (exact) mass is 519 g/mol. The zero-order valence-corrected chi connectivity index (χ0v) is 23.5. The summed E-state index contributed by atoms with van der Waals surface area (Å²) in [6, 6.07) is 20.8. The molecule has 2 aromatic rings. The molecule has 0 N–H and O–H groups in total. The highest BCUT2D eigenvalue weighted by atomic mass is 32.2. The number of piperidine rings is 1. The number of rotatable bonds is 6. The summed E-state index contributed by atoms with van der Waals surface area (Å²) in [6.45, 7) is 15.2. The molecule has 204 valence electrons. The van der Waals surface area contributed by atoms with Gasteiger partial charge in [-0.1, -0.05) is 90.2 Å². The van der Waals surface area contributed by atoms with Gasteiger partial charge in [-0.05, 0) is 44.5 Å². The molecule has 0 unspecified atom stereocenters. The van der Waals surface area contributed by atoms with Crippen molar-refractivity contribution in [2.75, 3.05) is 19.7 Å². The molecule has 0 saturated carbocycles. The molecular formula is C30H49NO4S. The second-order valence-corrected chi connectivity index (χ2v) is 8.74. The molecular weight excluding hydrogens is 470 g/mol. The summed E-state index contributed by atoms with van der Waals surface area (Å²) in [5.41, 5.74) is -0.435. The second-order valence-electron chi connectivity index (χ2n) is 7.59. The minimum atomic E-state index is -0.435. The topological polar surface area (TPSA) is 55.8 Å². The van der Waals surface area contributed by atoms with Crippen molar-refractivity contribution in [3.8, 4) is 0 Å². The Balaban J connectivity index is 0. The molecule has 6 heteroatoms. The first-order valence-electron chi connectivity index (χ1n) is 12.9. The third-order valence-corrected chi connectivity index (χ3v) is 5.90. The van der Waals surface area contributed by atoms with Crippen molar-refractivity contribution in [2.45, 2.75) is 97.0 Å². The third kappa shape index (κ3) is 14.8. The van der Waals surface area contributed by atoms with Crippen LogP contribution in [0.1, 0.15) is 81.6 Å². The van der Waals surface area contributed by atoms with E-state index < -0.39 is 5.60 Å². The fourth-order valence-electron chi connectivity index (χ4n) is 3.12. The van der Waals surface area contributed by atoms with Gasteiger partial charge in [0.2, 0.25) is 0 Å². The van der Waals surface area contributed by atoms with Crippen molar-refractivity contribution in [3.05, 3.63) is 60.7 Å². The number of ether oxygens (including phenoxy) is 2. The van der Waals surface area contributed by atoms with E-state index in [4.69, 9.17) is 9.47 Å². The van der Waals surface area contributed by atoms with Crippen LogP contribution in [0.4, 0.5) is 4.79 Å². The van der Waals surface area contributed by atoms with E-state index in [0.29, 0.717) is 39.0 Å². The highest BCUT2D eigenvalue weighted by Crippen LogP contribution is 2.27. The maximum absolute atomic E-state index is 11.5. The summed E-state index contributed by atoms with van der Waals surface area (Å²) in [5.74, 6) is -0.149. The Hall–Kier alpha value is -2.47. The van der Waals surface area contributed by atoms with Crippen LogP contribution in [0.2, 0.25) is 0 Å². The summed E-state index contributed by atoms with van der Waals surface area (Å²) in [6.07, 6.45) is 2.31. The number of nitrogens with zero attached hydrogens (tertiary/aromatic N) is 1. The molecule has 0 aliphatic carbocycles. The fraction of sp³-hybridized carbons (Fsp3) is 0.533. The molecule has 0 aromatic heterocycles. The quantitative estimate of drug-likeness (QED) is 0.357. The number of hydrogen-bond acceptors (Lipinski definition) is 5. The summed E-state index contributed by atoms with van der Waals surface area (Å²) in [4.78, 5) is 27.3. The molecule has 3 rings (SSSR count). The predicted molar refractivity (Wildman–Crippen MR) is 154 cm³/mol. The Morgan fingerprint density at radius 1 is 0.861 bits per heavy atom. The molecule has 0 atom stereocenters. The van der Waals surface area contributed by atoms with Gasteiger partial charge in [0.1, 0.15) is 5.60 Å². The summed E-state index contributed by atoms with van der Waals surface area (Å²) in [5, 5.41) is 0. The molecule has 1 heterocycles. The van der Waals surface area contributed by atoms with Gasteiger partial charge in [0.25, 0.3) is 0 Å². The average Bonchev–Trinajstić information content (AvgIpc) is 2.88. The Morgan fingerprint density at radius 3 is 1.69 bits per heavy atom. The van der Waals surface area contributed by atoms with Gasteiger partial charge < -0.3 is 14.4 Å². The van der Waals surface area contributed by atoms with E-state index in [0.717, 1.165) is 6.42 Å². The van der Waals surface area contributed by atoms with Gasteiger partial charge in [-0.25, -0.2) is 4.79 Å². The van der Waals surface area contributed by atoms with Crippen molar-refractivity contribution < 1.29 is 19.1 Å². The molecule has 1 aliphatic rings. The summed E-state index contributed by atoms with van der Waals surface area (Å²) < 4.78 is 10.4. The lowest BCUT2D eigenvalue weighted by Crippen LogP contribution is -2.47. The van der Waals surface area contributed by atoms with Gasteiger partial charge in [-0.3, -0.25) is 4.79 Å². The van der Waals surface area contributed by atoms with E-state index in [1.165, 1.54) is 9.79 Å². The molecule has 0 spiro atoms. The van der Waals surface area contributed by atoms with E-state index in [9.17, 15) is 9.59 Å². The van der Waals surface area contributed by atoms with Crippen LogP contribution in [0.3, 0.4) is 0 Å². The van der Waals surface area contributed by atoms with E-state index >= 15 is 0 Å². The molecule has 0 radical (unpaired) electrons. The molecule has 2 aromatic carbocycles. The minimum absolute atomic E-state index is 0. The first kappa shape index (κ1) is 35.7. The van der Waals surface area contributed by atoms with Gasteiger partial charge in [-0.15, -0.1) is 0 Å². The van der Waals surface area contributed by atoms with Gasteiger partial charge in [-0.2, -0.15) is 0 Å². The highest BCUT2D eigenvalue weighted by Gasteiger charge is 2.35. The molecule has 1 amide bonds. The first-order valence-corrected chi connectivity index (χ1v) is 13.7. The van der Waals surface area contributed by atoms with Crippen LogP contribution in [-0.2, 0) is 14.3 Å². The Morgan fingerprint density at radius 2 is 1.31 bits per heavy atom. The van der Waals surface area contributed by atoms with Crippen molar-refractivity contribution >= 4 is 23.8 Å². The van der Waals surface area contributed by atoms with E-state index in [-0.39, 0.29) is 19.5 Å². The predicted octanol–water partition coefficient (Wildman–Crippen LogP) is 8.87. The van der Waals surface area contributed by atoms with Crippen LogP contribution in [0.15, 0.2) is 70.5 Å². The molecule has 1 saturated heterocycles. The summed E-state index contributed by atoms with van der Waals surface area (Å²) in [7, 11) is 0. The van der Waals surface area contributed by atoms with Gasteiger partial charge in [0.05, 0.1) is 6.61 Å². The number of carbonyl (C=O) groups is 2. The van der Waals surface area contributed by atoms with E-state index in [2.05, 4.69) is 48.5 Å². The lowest BCUT2D eigenvalue weighted by molar-refractivity contribution is -0.162. The first-order chi connectivity index (χ1) is 17.0. The maximum atomic E-state index is 11.5. The fourth-order valence-corrected chi connectivity index (χ4v) is 3.98. The van der Waals surface area contributed by atoms with Crippen LogP contribution >= 0.6 is 11.8 Å². The van der Waals surface area contributed by atoms with Crippen molar-refractivity contribution in [1.29, 1.82) is 0 Å². The Labute approximate surface area is 225 Å². The number of esters is 1. The van der Waals surface area contributed by atoms with Gasteiger partial charge in [0, 0.05) is 42.1 Å². The molecule has 0 bridgehead atoms. The zero-order chi connectivity index (χ0) is 26.5. The lowest BCUT2D eigenvalue weighted by atomic mass is 9.93. The Bertz CT molecular complexity index is 754. The molecule has 5 nitrogen and oxygen atoms in total. The van der Waals surface area contributed by atoms with Crippen molar-refractivity contribution in [2.24, 2.45) is 0 Å². The van der Waals surface area contributed by atoms with Crippen molar-refractivity contribution in [3.63, 3.8) is 0 Å². The van der Waals surface area contributed by atoms with E-state index in [1.807, 2.05) is 53.7 Å². The number of benzene rings is 2. The van der Waals surface area contributed by atoms with Crippen LogP contribution < -0.4 is 0 Å². The highest BCUT2D eigenvalue weighted by molar-refractivity contribution is 7.99. The zero-order valence-electron chi connectivity index (χ0n) is 22.7. The smallest absolute Gasteiger partial charge is 0.409 e. The molecule has 36 heavy (non-hydrogen) atoms. The van der Waals surface area contributed by atoms with Gasteiger partial charge in [0.15, 0.2) is 0 Å². The third-order valence-electron chi connectivity index (χ3n) is 4.88. The Kier molecular flexibility index (Phi) is 21.6. The molecule has 1 aliphatic heterocycles. The van der Waals surface area contributed by atoms with Crippen LogP contribution in [-0.4, -0.2) is 42.3 Å². The second kappa shape index (κ2) is 21.8. The SMILES string of the molecule is C.CC.CC.CCCC(=O)OC1(C)CCN(C(=O)OCC)CC1.c1ccc(Sc2ccccc2)cc1. The average molecular weight is 520 g/mol. The number of likely N-dealkylation sites (tertiary alicyclic amines) is 1. The van der Waals surface area contributed by atoms with Gasteiger partial charge >= 0.3 is 12.1 Å². The van der Waals surface area contributed by atoms with Crippen LogP contribution in [0.5, 0.6) is 0 Å². The number of carbonyl (C=O) groups excluding carboxylic acids is 2. The van der Waals surface area contributed by atoms with Crippen LogP contribution in [0.25, 0.3) is 0 Å². The standard InChI is InChI=1S/C13H23NO4.C12H10S.2C2H6.CH4/c1-4-6-11(15)18-13(3)7-9-14(10-8-13)12(16)17-5-2;1-3-7-11(8-4-1)13-12-9-5-2-6-10-12;2*1-2;/h4-10H2,1-3H3;1-10H;2*1-2H3;1H4. The normalized spacial score (nSPS) is 13.0. The van der Waals surface area contributed by atoms with E-state index in [1.54, 1.807) is 23.6 Å². The number of hydrogen-bond donors (Lipinski definition) is 0. The minimum Gasteiger partial charge on any atom is -0.459 e. The number of amides is 1. The largest absolute Gasteiger partial charge is 0.459 e. The maximum Gasteiger partial charge on any atom is 0.409 e. The van der Waals surface area contributed by atoms with Crippen molar-refractivity contribution in [1.82, 2.24) is 4.90 Å². The summed E-state index contributed by atoms with van der Waals surface area (Å²) >= 11 is 1.79.